The molecule has 94 valence electrons. The molecule has 1 heterocycles. The molecular weight excluding hydrogens is 226 g/mol. The van der Waals surface area contributed by atoms with Gasteiger partial charge in [-0.2, -0.15) is 5.10 Å². The number of carbonyl (C=O) groups excluding carboxylic acids is 1. The van der Waals surface area contributed by atoms with Crippen LogP contribution in [0.15, 0.2) is 30.6 Å². The van der Waals surface area contributed by atoms with Crippen LogP contribution in [0.5, 0.6) is 0 Å². The van der Waals surface area contributed by atoms with Crippen LogP contribution in [0, 0.1) is 13.8 Å². The molecule has 2 rings (SSSR count). The maximum Gasteiger partial charge on any atom is 0.184 e. The van der Waals surface area contributed by atoms with Crippen molar-refractivity contribution in [2.75, 3.05) is 0 Å². The Balaban J connectivity index is 2.34. The summed E-state index contributed by atoms with van der Waals surface area (Å²) in [5.41, 5.74) is 9.51. The van der Waals surface area contributed by atoms with E-state index in [2.05, 4.69) is 5.10 Å². The average Bonchev–Trinajstić information content (AvgIpc) is 2.77. The molecule has 1 atom stereocenters. The van der Waals surface area contributed by atoms with Gasteiger partial charge >= 0.3 is 0 Å². The van der Waals surface area contributed by atoms with Crippen molar-refractivity contribution in [3.63, 3.8) is 0 Å². The van der Waals surface area contributed by atoms with E-state index in [1.165, 1.54) is 0 Å². The first-order valence-electron chi connectivity index (χ1n) is 5.85. The fourth-order valence-electron chi connectivity index (χ4n) is 1.94. The van der Waals surface area contributed by atoms with Crippen LogP contribution < -0.4 is 5.73 Å². The van der Waals surface area contributed by atoms with Gasteiger partial charge in [-0.05, 0) is 25.0 Å². The number of nitrogens with two attached hydrogens (primary N) is 1. The van der Waals surface area contributed by atoms with Crippen molar-refractivity contribution in [1.82, 2.24) is 9.78 Å². The highest BCUT2D eigenvalue weighted by atomic mass is 16.1. The number of aromatic nitrogens is 2. The molecule has 2 aromatic rings. The summed E-state index contributed by atoms with van der Waals surface area (Å²) in [6.07, 6.45) is 3.40. The van der Waals surface area contributed by atoms with Crippen LogP contribution in [0.2, 0.25) is 0 Å². The minimum absolute atomic E-state index is 0.0656. The van der Waals surface area contributed by atoms with Crippen LogP contribution >= 0.6 is 0 Å². The van der Waals surface area contributed by atoms with E-state index in [0.29, 0.717) is 5.56 Å². The number of aryl methyl sites for hydroxylation is 2. The normalized spacial score (nSPS) is 12.4. The first kappa shape index (κ1) is 12.5. The number of benzene rings is 1. The van der Waals surface area contributed by atoms with Crippen LogP contribution in [-0.4, -0.2) is 15.6 Å². The van der Waals surface area contributed by atoms with Gasteiger partial charge in [-0.25, -0.2) is 0 Å². The van der Waals surface area contributed by atoms with Crippen molar-refractivity contribution in [1.29, 1.82) is 0 Å². The zero-order valence-electron chi connectivity index (χ0n) is 10.8. The molecule has 18 heavy (non-hydrogen) atoms. The predicted molar refractivity (Wildman–Crippen MR) is 70.4 cm³/mol. The van der Waals surface area contributed by atoms with Gasteiger partial charge in [-0.1, -0.05) is 18.2 Å². The van der Waals surface area contributed by atoms with E-state index < -0.39 is 6.04 Å². The number of hydrogen-bond donors (Lipinski definition) is 1. The molecule has 4 nitrogen and oxygen atoms in total. The molecule has 1 aromatic carbocycles. The molecule has 0 saturated heterocycles. The molecular formula is C14H17N3O. The van der Waals surface area contributed by atoms with Crippen LogP contribution in [0.1, 0.15) is 33.1 Å². The second kappa shape index (κ2) is 4.74. The molecule has 0 aliphatic carbocycles. The lowest BCUT2D eigenvalue weighted by molar-refractivity contribution is 0.0960. The summed E-state index contributed by atoms with van der Waals surface area (Å²) < 4.78 is 1.64. The zero-order chi connectivity index (χ0) is 13.3. The monoisotopic (exact) mass is 243 g/mol. The Bertz CT molecular complexity index is 586. The Kier molecular flexibility index (Phi) is 3.30. The van der Waals surface area contributed by atoms with Gasteiger partial charge in [0.2, 0.25) is 0 Å². The topological polar surface area (TPSA) is 60.9 Å². The summed E-state index contributed by atoms with van der Waals surface area (Å²) in [5, 5.41) is 4.04. The summed E-state index contributed by atoms with van der Waals surface area (Å²) in [6, 6.07) is 5.04. The quantitative estimate of drug-likeness (QED) is 0.838. The number of hydrogen-bond acceptors (Lipinski definition) is 3. The standard InChI is InChI=1S/C14H17N3O/c1-9-5-4-6-12(10(9)2)14(18)13(15)11-7-16-17(3)8-11/h4-8,13H,15H2,1-3H3. The van der Waals surface area contributed by atoms with Crippen LogP contribution in [-0.2, 0) is 7.05 Å². The fourth-order valence-corrected chi connectivity index (χ4v) is 1.94. The Morgan fingerprint density at radius 1 is 1.39 bits per heavy atom. The molecule has 0 spiro atoms. The van der Waals surface area contributed by atoms with Crippen molar-refractivity contribution in [3.8, 4) is 0 Å². The van der Waals surface area contributed by atoms with Crippen LogP contribution in [0.4, 0.5) is 0 Å². The van der Waals surface area contributed by atoms with Gasteiger partial charge in [0.15, 0.2) is 5.78 Å². The maximum absolute atomic E-state index is 12.4. The zero-order valence-corrected chi connectivity index (χ0v) is 10.8. The molecule has 0 fully saturated rings. The minimum atomic E-state index is -0.654. The molecule has 0 aliphatic heterocycles. The number of rotatable bonds is 3. The number of carbonyl (C=O) groups is 1. The van der Waals surface area contributed by atoms with E-state index in [1.54, 1.807) is 24.1 Å². The Labute approximate surface area is 106 Å². The molecule has 0 aliphatic rings. The van der Waals surface area contributed by atoms with Gasteiger partial charge in [-0.15, -0.1) is 0 Å². The predicted octanol–water partition coefficient (Wildman–Crippen LogP) is 1.92. The second-order valence-corrected chi connectivity index (χ2v) is 4.54. The van der Waals surface area contributed by atoms with E-state index in [1.807, 2.05) is 32.0 Å². The van der Waals surface area contributed by atoms with Crippen LogP contribution in [0.25, 0.3) is 0 Å². The van der Waals surface area contributed by atoms with Gasteiger partial charge < -0.3 is 5.73 Å². The smallest absolute Gasteiger partial charge is 0.184 e. The molecule has 0 saturated carbocycles. The lowest BCUT2D eigenvalue weighted by Crippen LogP contribution is -2.22. The summed E-state index contributed by atoms with van der Waals surface area (Å²) in [4.78, 5) is 12.4. The van der Waals surface area contributed by atoms with E-state index in [4.69, 9.17) is 5.73 Å². The molecule has 0 amide bonds. The molecule has 0 bridgehead atoms. The highest BCUT2D eigenvalue weighted by Gasteiger charge is 2.20. The Morgan fingerprint density at radius 3 is 2.72 bits per heavy atom. The third kappa shape index (κ3) is 2.19. The Hall–Kier alpha value is -1.94. The van der Waals surface area contributed by atoms with Gasteiger partial charge in [0.25, 0.3) is 0 Å². The van der Waals surface area contributed by atoms with Gasteiger partial charge in [0, 0.05) is 24.4 Å². The first-order chi connectivity index (χ1) is 8.50. The second-order valence-electron chi connectivity index (χ2n) is 4.54. The van der Waals surface area contributed by atoms with Crippen molar-refractivity contribution in [2.45, 2.75) is 19.9 Å². The summed E-state index contributed by atoms with van der Waals surface area (Å²) in [6.45, 7) is 3.93. The van der Waals surface area contributed by atoms with E-state index in [-0.39, 0.29) is 5.78 Å². The lowest BCUT2D eigenvalue weighted by Gasteiger charge is -2.12. The van der Waals surface area contributed by atoms with Gasteiger partial charge in [-0.3, -0.25) is 9.48 Å². The fraction of sp³-hybridized carbons (Fsp3) is 0.286. The van der Waals surface area contributed by atoms with Crippen LogP contribution in [0.3, 0.4) is 0 Å². The third-order valence-corrected chi connectivity index (χ3v) is 3.24. The van der Waals surface area contributed by atoms with Crippen molar-refractivity contribution in [2.24, 2.45) is 12.8 Å². The molecule has 1 unspecified atom stereocenters. The van der Waals surface area contributed by atoms with E-state index >= 15 is 0 Å². The number of ketones is 1. The number of nitrogens with zero attached hydrogens (tertiary/aromatic N) is 2. The lowest BCUT2D eigenvalue weighted by atomic mass is 9.94. The third-order valence-electron chi connectivity index (χ3n) is 3.24. The summed E-state index contributed by atoms with van der Waals surface area (Å²) in [7, 11) is 1.80. The summed E-state index contributed by atoms with van der Waals surface area (Å²) >= 11 is 0. The SMILES string of the molecule is Cc1cccc(C(=O)C(N)c2cnn(C)c2)c1C. The minimum Gasteiger partial charge on any atom is -0.317 e. The first-order valence-corrected chi connectivity index (χ1v) is 5.85. The van der Waals surface area contributed by atoms with Crippen molar-refractivity contribution >= 4 is 5.78 Å². The molecule has 1 aromatic heterocycles. The largest absolute Gasteiger partial charge is 0.317 e. The highest BCUT2D eigenvalue weighted by Crippen LogP contribution is 2.20. The summed E-state index contributed by atoms with van der Waals surface area (Å²) in [5.74, 6) is -0.0656. The molecule has 2 N–H and O–H groups in total. The van der Waals surface area contributed by atoms with Gasteiger partial charge in [0.05, 0.1) is 12.2 Å². The maximum atomic E-state index is 12.4. The van der Waals surface area contributed by atoms with Gasteiger partial charge in [0.1, 0.15) is 0 Å². The average molecular weight is 243 g/mol. The highest BCUT2D eigenvalue weighted by molar-refractivity contribution is 6.01. The van der Waals surface area contributed by atoms with Crippen molar-refractivity contribution in [3.05, 3.63) is 52.8 Å². The van der Waals surface area contributed by atoms with Crippen molar-refractivity contribution < 1.29 is 4.79 Å². The Morgan fingerprint density at radius 2 is 2.11 bits per heavy atom. The van der Waals surface area contributed by atoms with E-state index in [9.17, 15) is 4.79 Å². The molecule has 4 heteroatoms. The number of Topliss-reactive ketones (excluding diaryl/α,β-unsaturated/α-hetero) is 1. The van der Waals surface area contributed by atoms with E-state index in [0.717, 1.165) is 16.7 Å². The molecule has 0 radical (unpaired) electrons.